The van der Waals surface area contributed by atoms with Crippen LogP contribution in [0.3, 0.4) is 0 Å². The molecular formula is C28H54N6O6S2. The Morgan fingerprint density at radius 2 is 1.55 bits per heavy atom. The molecule has 1 heterocycles. The van der Waals surface area contributed by atoms with Gasteiger partial charge in [-0.2, -0.15) is 4.31 Å². The minimum Gasteiger partial charge on any atom is -0.346 e. The van der Waals surface area contributed by atoms with E-state index in [4.69, 9.17) is 0 Å². The summed E-state index contributed by atoms with van der Waals surface area (Å²) in [6, 6.07) is -2.07. The molecule has 42 heavy (non-hydrogen) atoms. The molecule has 0 aromatic rings. The van der Waals surface area contributed by atoms with Crippen LogP contribution in [0.5, 0.6) is 0 Å². The molecule has 1 saturated heterocycles. The van der Waals surface area contributed by atoms with Crippen molar-refractivity contribution in [2.75, 3.05) is 31.8 Å². The average molecular weight is 635 g/mol. The van der Waals surface area contributed by atoms with Crippen LogP contribution in [-0.4, -0.2) is 95.6 Å². The number of urea groups is 1. The molecule has 5 amide bonds. The Kier molecular flexibility index (Phi) is 13.2. The summed E-state index contributed by atoms with van der Waals surface area (Å²) in [7, 11) is -2.05. The molecule has 12 nitrogen and oxygen atoms in total. The Morgan fingerprint density at radius 1 is 0.976 bits per heavy atom. The smallest absolute Gasteiger partial charge is 0.315 e. The fourth-order valence-electron chi connectivity index (χ4n) is 4.34. The summed E-state index contributed by atoms with van der Waals surface area (Å²) >= 11 is 0.810. The number of nitrogens with zero attached hydrogens (tertiary/aromatic N) is 2. The lowest BCUT2D eigenvalue weighted by Gasteiger charge is -2.36. The van der Waals surface area contributed by atoms with Crippen molar-refractivity contribution in [2.24, 2.45) is 17.3 Å². The standard InChI is InChI=1S/C28H54N6O6S2/c1-18(2)19-15-20(34(16-19)23(36)21(26(3,4)5)31-24(37)32-27(6,7)8)22(35)30-17-41-25(38)29-13-14-42(39,40)33(12)28(9,10)11/h18-21H,13-17H2,1-12H3,(H,29,38)(H,30,35)(H2,31,32,37)/t19?,20-,21+/m0/s1. The summed E-state index contributed by atoms with van der Waals surface area (Å²) < 4.78 is 26.2. The second-order valence-electron chi connectivity index (χ2n) is 14.4. The van der Waals surface area contributed by atoms with Crippen LogP contribution < -0.4 is 21.3 Å². The molecule has 4 N–H and O–H groups in total. The van der Waals surface area contributed by atoms with E-state index in [0.29, 0.717) is 13.0 Å². The molecule has 0 spiro atoms. The molecule has 0 aromatic carbocycles. The number of thioether (sulfide) groups is 1. The first-order chi connectivity index (χ1) is 18.9. The SMILES string of the molecule is CC(C)C1C[C@@H](C(=O)NCSC(=O)NCCS(=O)(=O)N(C)C(C)(C)C)N(C(=O)[C@@H](NC(=O)NC(C)(C)C)C(C)(C)C)C1. The Labute approximate surface area is 257 Å². The topological polar surface area (TPSA) is 157 Å². The second kappa shape index (κ2) is 14.6. The molecule has 1 unspecified atom stereocenters. The fourth-order valence-corrected chi connectivity index (χ4v) is 6.36. The Hall–Kier alpha value is -2.06. The normalized spacial score (nSPS) is 19.0. The average Bonchev–Trinajstić information content (AvgIpc) is 3.25. The number of amides is 5. The van der Waals surface area contributed by atoms with Gasteiger partial charge in [-0.1, -0.05) is 34.6 Å². The van der Waals surface area contributed by atoms with Gasteiger partial charge in [0, 0.05) is 31.2 Å². The molecule has 3 atom stereocenters. The Morgan fingerprint density at radius 3 is 2.02 bits per heavy atom. The molecule has 14 heteroatoms. The summed E-state index contributed by atoms with van der Waals surface area (Å²) in [6.07, 6.45) is 0.469. The van der Waals surface area contributed by atoms with Crippen molar-refractivity contribution >= 4 is 44.9 Å². The van der Waals surface area contributed by atoms with Crippen molar-refractivity contribution in [3.63, 3.8) is 0 Å². The summed E-state index contributed by atoms with van der Waals surface area (Å²) in [6.45, 7) is 20.9. The minimum atomic E-state index is -3.55. The highest BCUT2D eigenvalue weighted by Gasteiger charge is 2.45. The molecule has 1 aliphatic heterocycles. The number of hydrogen-bond acceptors (Lipinski definition) is 7. The van der Waals surface area contributed by atoms with Gasteiger partial charge in [0.1, 0.15) is 12.1 Å². The lowest BCUT2D eigenvalue weighted by molar-refractivity contribution is -0.141. The van der Waals surface area contributed by atoms with E-state index in [1.807, 2.05) is 55.4 Å². The predicted octanol–water partition coefficient (Wildman–Crippen LogP) is 2.95. The maximum absolute atomic E-state index is 13.8. The van der Waals surface area contributed by atoms with Crippen molar-refractivity contribution < 1.29 is 27.6 Å². The van der Waals surface area contributed by atoms with Crippen molar-refractivity contribution in [2.45, 2.75) is 106 Å². The van der Waals surface area contributed by atoms with Gasteiger partial charge in [0.05, 0.1) is 11.6 Å². The van der Waals surface area contributed by atoms with E-state index >= 15 is 0 Å². The van der Waals surface area contributed by atoms with Crippen LogP contribution in [0.2, 0.25) is 0 Å². The van der Waals surface area contributed by atoms with Gasteiger partial charge in [0.25, 0.3) is 5.24 Å². The maximum atomic E-state index is 13.8. The molecule has 0 aliphatic carbocycles. The van der Waals surface area contributed by atoms with Crippen LogP contribution in [0.15, 0.2) is 0 Å². The first-order valence-corrected chi connectivity index (χ1v) is 17.0. The number of carbonyl (C=O) groups excluding carboxylic acids is 4. The van der Waals surface area contributed by atoms with Gasteiger partial charge in [-0.3, -0.25) is 14.4 Å². The van der Waals surface area contributed by atoms with Crippen LogP contribution in [0.25, 0.3) is 0 Å². The third kappa shape index (κ3) is 11.9. The minimum absolute atomic E-state index is 0.0425. The summed E-state index contributed by atoms with van der Waals surface area (Å²) in [4.78, 5) is 53.7. The highest BCUT2D eigenvalue weighted by Crippen LogP contribution is 2.32. The highest BCUT2D eigenvalue weighted by molar-refractivity contribution is 8.13. The zero-order valence-electron chi connectivity index (χ0n) is 27.5. The van der Waals surface area contributed by atoms with Crippen molar-refractivity contribution in [3.8, 4) is 0 Å². The van der Waals surface area contributed by atoms with Crippen LogP contribution in [-0.2, 0) is 19.6 Å². The number of sulfonamides is 1. The fraction of sp³-hybridized carbons (Fsp3) is 0.857. The second-order valence-corrected chi connectivity index (χ2v) is 17.5. The zero-order chi connectivity index (χ0) is 32.8. The van der Waals surface area contributed by atoms with Gasteiger partial charge in [0.15, 0.2) is 0 Å². The quantitative estimate of drug-likeness (QED) is 0.269. The van der Waals surface area contributed by atoms with Gasteiger partial charge in [-0.05, 0) is 77.0 Å². The third-order valence-corrected chi connectivity index (χ3v) is 9.98. The maximum Gasteiger partial charge on any atom is 0.315 e. The molecular weight excluding hydrogens is 580 g/mol. The van der Waals surface area contributed by atoms with Crippen molar-refractivity contribution in [1.29, 1.82) is 0 Å². The van der Waals surface area contributed by atoms with Crippen LogP contribution in [0.4, 0.5) is 9.59 Å². The zero-order valence-corrected chi connectivity index (χ0v) is 29.1. The summed E-state index contributed by atoms with van der Waals surface area (Å²) in [5.41, 5.74) is -1.69. The molecule has 244 valence electrons. The first kappa shape index (κ1) is 38.0. The van der Waals surface area contributed by atoms with E-state index in [-0.39, 0.29) is 41.8 Å². The monoisotopic (exact) mass is 634 g/mol. The van der Waals surface area contributed by atoms with E-state index in [1.54, 1.807) is 25.7 Å². The molecule has 1 rings (SSSR count). The van der Waals surface area contributed by atoms with Gasteiger partial charge in [0.2, 0.25) is 21.8 Å². The predicted molar refractivity (Wildman–Crippen MR) is 168 cm³/mol. The van der Waals surface area contributed by atoms with Gasteiger partial charge < -0.3 is 26.2 Å². The number of hydrogen-bond donors (Lipinski definition) is 4. The summed E-state index contributed by atoms with van der Waals surface area (Å²) in [5.74, 6) is -0.671. The van der Waals surface area contributed by atoms with Crippen LogP contribution in [0.1, 0.15) is 82.6 Å². The number of carbonyl (C=O) groups is 4. The molecule has 0 saturated carbocycles. The summed E-state index contributed by atoms with van der Waals surface area (Å²) in [5, 5.41) is 10.5. The van der Waals surface area contributed by atoms with Crippen molar-refractivity contribution in [3.05, 3.63) is 0 Å². The van der Waals surface area contributed by atoms with Crippen molar-refractivity contribution in [1.82, 2.24) is 30.5 Å². The number of rotatable bonds is 10. The van der Waals surface area contributed by atoms with Gasteiger partial charge in [-0.25, -0.2) is 13.2 Å². The molecule has 1 aliphatic rings. The highest BCUT2D eigenvalue weighted by atomic mass is 32.2. The number of nitrogens with one attached hydrogen (secondary N) is 4. The molecule has 1 fully saturated rings. The number of likely N-dealkylation sites (tertiary alicyclic amines) is 1. The first-order valence-electron chi connectivity index (χ1n) is 14.4. The Bertz CT molecular complexity index is 1080. The largest absolute Gasteiger partial charge is 0.346 e. The van der Waals surface area contributed by atoms with E-state index in [2.05, 4.69) is 21.3 Å². The molecule has 0 bridgehead atoms. The molecule has 0 aromatic heterocycles. The van der Waals surface area contributed by atoms with E-state index in [9.17, 15) is 27.6 Å². The van der Waals surface area contributed by atoms with E-state index in [0.717, 1.165) is 11.8 Å². The third-order valence-electron chi connectivity index (χ3n) is 7.18. The van der Waals surface area contributed by atoms with E-state index < -0.39 is 49.9 Å². The van der Waals surface area contributed by atoms with Crippen LogP contribution in [0, 0.1) is 17.3 Å². The van der Waals surface area contributed by atoms with E-state index in [1.165, 1.54) is 11.4 Å². The van der Waals surface area contributed by atoms with Gasteiger partial charge >= 0.3 is 6.03 Å². The molecule has 0 radical (unpaired) electrons. The Balaban J connectivity index is 2.85. The lowest BCUT2D eigenvalue weighted by Crippen LogP contribution is -2.60. The van der Waals surface area contributed by atoms with Gasteiger partial charge in [-0.15, -0.1) is 0 Å². The lowest BCUT2D eigenvalue weighted by atomic mass is 9.85. The van der Waals surface area contributed by atoms with Crippen LogP contribution >= 0.6 is 11.8 Å².